The third-order valence-corrected chi connectivity index (χ3v) is 4.81. The maximum atomic E-state index is 12.5. The Hall–Kier alpha value is -1.56. The molecule has 128 valence electrons. The first-order valence-electron chi connectivity index (χ1n) is 7.82. The molecule has 23 heavy (non-hydrogen) atoms. The van der Waals surface area contributed by atoms with Gasteiger partial charge in [-0.25, -0.2) is 8.42 Å². The number of benzene rings is 1. The zero-order valence-corrected chi connectivity index (χ0v) is 15.0. The normalized spacial score (nSPS) is 19.7. The maximum absolute atomic E-state index is 12.5. The highest BCUT2D eigenvalue weighted by Gasteiger charge is 2.32. The van der Waals surface area contributed by atoms with E-state index in [1.165, 1.54) is 12.1 Å². The highest BCUT2D eigenvalue weighted by molar-refractivity contribution is 7.90. The van der Waals surface area contributed by atoms with Crippen molar-refractivity contribution in [2.24, 2.45) is 5.41 Å². The van der Waals surface area contributed by atoms with Crippen LogP contribution in [-0.2, 0) is 14.6 Å². The molecule has 6 heteroatoms. The number of sulfone groups is 1. The molecule has 1 aliphatic rings. The average Bonchev–Trinajstić information content (AvgIpc) is 2.41. The molecule has 1 aromatic carbocycles. The molecule has 0 aliphatic carbocycles. The number of hydrogen-bond donors (Lipinski definition) is 0. The van der Waals surface area contributed by atoms with Gasteiger partial charge >= 0.3 is 0 Å². The van der Waals surface area contributed by atoms with Gasteiger partial charge < -0.3 is 9.64 Å². The van der Waals surface area contributed by atoms with E-state index in [2.05, 4.69) is 20.8 Å². The molecule has 0 radical (unpaired) electrons. The summed E-state index contributed by atoms with van der Waals surface area (Å²) in [6.07, 6.45) is 2.27. The van der Waals surface area contributed by atoms with Crippen molar-refractivity contribution in [2.45, 2.75) is 44.6 Å². The Morgan fingerprint density at radius 1 is 1.22 bits per heavy atom. The molecule has 0 unspecified atom stereocenters. The first kappa shape index (κ1) is 17.8. The quantitative estimate of drug-likeness (QED) is 0.845. The van der Waals surface area contributed by atoms with Gasteiger partial charge in [0.1, 0.15) is 5.75 Å². The number of ether oxygens (including phenoxy) is 1. The van der Waals surface area contributed by atoms with E-state index in [9.17, 15) is 13.2 Å². The molecule has 2 rings (SSSR count). The molecule has 1 aliphatic heterocycles. The van der Waals surface area contributed by atoms with Gasteiger partial charge in [-0.15, -0.1) is 0 Å². The van der Waals surface area contributed by atoms with Gasteiger partial charge in [0.15, 0.2) is 15.9 Å². The monoisotopic (exact) mass is 339 g/mol. The second-order valence-corrected chi connectivity index (χ2v) is 9.33. The van der Waals surface area contributed by atoms with Crippen LogP contribution in [0.5, 0.6) is 5.75 Å². The zero-order valence-electron chi connectivity index (χ0n) is 14.2. The summed E-state index contributed by atoms with van der Waals surface area (Å²) < 4.78 is 28.7. The van der Waals surface area contributed by atoms with E-state index in [0.717, 1.165) is 19.2 Å². The molecule has 1 aromatic rings. The van der Waals surface area contributed by atoms with Gasteiger partial charge in [-0.1, -0.05) is 20.8 Å². The summed E-state index contributed by atoms with van der Waals surface area (Å²) in [6.45, 7) is 7.79. The number of hydrogen-bond acceptors (Lipinski definition) is 4. The standard InChI is InChI=1S/C17H25NO4S/c1-17(2,3)12-18-11-5-6-15(16(18)19)22-13-7-9-14(10-8-13)23(4,20)21/h7-10,15H,5-6,11-12H2,1-4H3/t15-/m0/s1. The summed E-state index contributed by atoms with van der Waals surface area (Å²) in [5.41, 5.74) is 0.0503. The molecule has 5 nitrogen and oxygen atoms in total. The number of nitrogens with zero attached hydrogens (tertiary/aromatic N) is 1. The Balaban J connectivity index is 2.06. The van der Waals surface area contributed by atoms with Crippen molar-refractivity contribution in [3.05, 3.63) is 24.3 Å². The second kappa shape index (κ2) is 6.51. The lowest BCUT2D eigenvalue weighted by atomic mass is 9.94. The predicted molar refractivity (Wildman–Crippen MR) is 89.2 cm³/mol. The topological polar surface area (TPSA) is 63.7 Å². The lowest BCUT2D eigenvalue weighted by Crippen LogP contribution is -2.49. The van der Waals surface area contributed by atoms with Gasteiger partial charge in [0.2, 0.25) is 0 Å². The summed E-state index contributed by atoms with van der Waals surface area (Å²) in [5, 5.41) is 0. The molecule has 1 saturated heterocycles. The van der Waals surface area contributed by atoms with Gasteiger partial charge in [-0.05, 0) is 42.5 Å². The molecule has 0 aromatic heterocycles. The zero-order chi connectivity index (χ0) is 17.3. The molecule has 1 amide bonds. The Bertz CT molecular complexity index is 659. The van der Waals surface area contributed by atoms with Crippen LogP contribution >= 0.6 is 0 Å². The van der Waals surface area contributed by atoms with E-state index in [1.54, 1.807) is 12.1 Å². The van der Waals surface area contributed by atoms with Gasteiger partial charge in [-0.2, -0.15) is 0 Å². The second-order valence-electron chi connectivity index (χ2n) is 7.31. The smallest absolute Gasteiger partial charge is 0.263 e. The lowest BCUT2D eigenvalue weighted by molar-refractivity contribution is -0.143. The van der Waals surface area contributed by atoms with Crippen molar-refractivity contribution in [2.75, 3.05) is 19.3 Å². The summed E-state index contributed by atoms with van der Waals surface area (Å²) in [7, 11) is -3.22. The summed E-state index contributed by atoms with van der Waals surface area (Å²) >= 11 is 0. The minimum absolute atomic E-state index is 0.0124. The summed E-state index contributed by atoms with van der Waals surface area (Å²) in [6, 6.07) is 6.22. The van der Waals surface area contributed by atoms with Crippen molar-refractivity contribution in [3.63, 3.8) is 0 Å². The van der Waals surface area contributed by atoms with Crippen LogP contribution in [0.3, 0.4) is 0 Å². The van der Waals surface area contributed by atoms with Crippen LogP contribution < -0.4 is 4.74 Å². The number of likely N-dealkylation sites (tertiary alicyclic amines) is 1. The van der Waals surface area contributed by atoms with Crippen molar-refractivity contribution < 1.29 is 17.9 Å². The first-order chi connectivity index (χ1) is 10.6. The largest absolute Gasteiger partial charge is 0.481 e. The average molecular weight is 339 g/mol. The van der Waals surface area contributed by atoms with Crippen molar-refractivity contribution in [1.82, 2.24) is 4.90 Å². The number of carbonyl (C=O) groups excluding carboxylic acids is 1. The van der Waals surface area contributed by atoms with E-state index in [-0.39, 0.29) is 16.2 Å². The first-order valence-corrected chi connectivity index (χ1v) is 9.71. The van der Waals surface area contributed by atoms with Crippen LogP contribution in [-0.4, -0.2) is 44.7 Å². The summed E-state index contributed by atoms with van der Waals surface area (Å²) in [5.74, 6) is 0.534. The third kappa shape index (κ3) is 4.96. The van der Waals surface area contributed by atoms with Crippen LogP contribution in [0.15, 0.2) is 29.2 Å². The van der Waals surface area contributed by atoms with Crippen LogP contribution in [0.2, 0.25) is 0 Å². The molecule has 1 fully saturated rings. The van der Waals surface area contributed by atoms with E-state index in [4.69, 9.17) is 4.74 Å². The number of carbonyl (C=O) groups is 1. The summed E-state index contributed by atoms with van der Waals surface area (Å²) in [4.78, 5) is 14.6. The number of piperidine rings is 1. The number of rotatable bonds is 4. The van der Waals surface area contributed by atoms with E-state index in [0.29, 0.717) is 18.7 Å². The molecule has 0 N–H and O–H groups in total. The van der Waals surface area contributed by atoms with Crippen molar-refractivity contribution in [1.29, 1.82) is 0 Å². The molecular formula is C17H25NO4S. The van der Waals surface area contributed by atoms with Gasteiger partial charge in [-0.3, -0.25) is 4.79 Å². The fraction of sp³-hybridized carbons (Fsp3) is 0.588. The highest BCUT2D eigenvalue weighted by Crippen LogP contribution is 2.24. The fourth-order valence-electron chi connectivity index (χ4n) is 2.67. The molecular weight excluding hydrogens is 314 g/mol. The Morgan fingerprint density at radius 2 is 1.83 bits per heavy atom. The minimum atomic E-state index is -3.22. The molecule has 0 spiro atoms. The van der Waals surface area contributed by atoms with Crippen LogP contribution in [0.4, 0.5) is 0 Å². The van der Waals surface area contributed by atoms with Crippen molar-refractivity contribution in [3.8, 4) is 5.75 Å². The Kier molecular flexibility index (Phi) is 5.04. The molecule has 1 heterocycles. The van der Waals surface area contributed by atoms with Crippen LogP contribution in [0, 0.1) is 5.41 Å². The van der Waals surface area contributed by atoms with E-state index in [1.807, 2.05) is 4.90 Å². The van der Waals surface area contributed by atoms with Crippen LogP contribution in [0.1, 0.15) is 33.6 Å². The molecule has 0 saturated carbocycles. The lowest BCUT2D eigenvalue weighted by Gasteiger charge is -2.36. The van der Waals surface area contributed by atoms with Gasteiger partial charge in [0, 0.05) is 19.3 Å². The minimum Gasteiger partial charge on any atom is -0.481 e. The predicted octanol–water partition coefficient (Wildman–Crippen LogP) is 2.51. The third-order valence-electron chi connectivity index (χ3n) is 3.68. The van der Waals surface area contributed by atoms with E-state index < -0.39 is 15.9 Å². The Labute approximate surface area is 138 Å². The Morgan fingerprint density at radius 3 is 2.35 bits per heavy atom. The van der Waals surface area contributed by atoms with Gasteiger partial charge in [0.25, 0.3) is 5.91 Å². The van der Waals surface area contributed by atoms with Crippen molar-refractivity contribution >= 4 is 15.7 Å². The van der Waals surface area contributed by atoms with Gasteiger partial charge in [0.05, 0.1) is 4.90 Å². The fourth-order valence-corrected chi connectivity index (χ4v) is 3.30. The SMILES string of the molecule is CC(C)(C)CN1CCC[C@H](Oc2ccc(S(C)(=O)=O)cc2)C1=O. The van der Waals surface area contributed by atoms with E-state index >= 15 is 0 Å². The van der Waals surface area contributed by atoms with Crippen LogP contribution in [0.25, 0.3) is 0 Å². The molecule has 1 atom stereocenters. The number of amides is 1. The highest BCUT2D eigenvalue weighted by atomic mass is 32.2. The molecule has 0 bridgehead atoms. The maximum Gasteiger partial charge on any atom is 0.263 e.